The summed E-state index contributed by atoms with van der Waals surface area (Å²) in [5, 5.41) is 2.97. The Labute approximate surface area is 174 Å². The molecule has 0 aliphatic carbocycles. The quantitative estimate of drug-likeness (QED) is 0.637. The van der Waals surface area contributed by atoms with Gasteiger partial charge in [-0.2, -0.15) is 0 Å². The molecule has 158 valence electrons. The summed E-state index contributed by atoms with van der Waals surface area (Å²) in [7, 11) is 0. The maximum Gasteiger partial charge on any atom is 0.224 e. The summed E-state index contributed by atoms with van der Waals surface area (Å²) in [4.78, 5) is 11.9. The van der Waals surface area contributed by atoms with Crippen molar-refractivity contribution in [3.8, 4) is 0 Å². The average Bonchev–Trinajstić information content (AvgIpc) is 3.54. The number of fused-ring (bicyclic) bond motifs is 1. The lowest BCUT2D eigenvalue weighted by molar-refractivity contribution is -0.327. The fourth-order valence-electron chi connectivity index (χ4n) is 4.09. The van der Waals surface area contributed by atoms with Crippen molar-refractivity contribution in [1.82, 2.24) is 16.2 Å². The molecule has 1 amide bonds. The van der Waals surface area contributed by atoms with Gasteiger partial charge in [0, 0.05) is 12.5 Å². The second kappa shape index (κ2) is 8.07. The Kier molecular flexibility index (Phi) is 5.28. The van der Waals surface area contributed by atoms with E-state index in [0.717, 1.165) is 11.1 Å². The van der Waals surface area contributed by atoms with Crippen molar-refractivity contribution >= 4 is 5.91 Å². The second-order valence-electron chi connectivity index (χ2n) is 7.76. The Bertz CT molecular complexity index is 877. The summed E-state index contributed by atoms with van der Waals surface area (Å²) in [6.45, 7) is 2.22. The molecule has 3 aliphatic rings. The number of hydrazine groups is 1. The van der Waals surface area contributed by atoms with E-state index in [1.807, 2.05) is 60.7 Å². The molecule has 1 spiro atoms. The van der Waals surface area contributed by atoms with E-state index < -0.39 is 30.4 Å². The van der Waals surface area contributed by atoms with Crippen molar-refractivity contribution in [1.29, 1.82) is 0 Å². The van der Waals surface area contributed by atoms with Gasteiger partial charge in [-0.1, -0.05) is 60.7 Å². The molecule has 3 saturated heterocycles. The molecule has 5 atom stereocenters. The molecule has 3 N–H and O–H groups in total. The van der Waals surface area contributed by atoms with E-state index in [0.29, 0.717) is 13.2 Å². The third kappa shape index (κ3) is 3.85. The van der Waals surface area contributed by atoms with E-state index in [4.69, 9.17) is 18.9 Å². The summed E-state index contributed by atoms with van der Waals surface area (Å²) >= 11 is 0. The van der Waals surface area contributed by atoms with Gasteiger partial charge in [-0.3, -0.25) is 4.79 Å². The van der Waals surface area contributed by atoms with Gasteiger partial charge in [0.2, 0.25) is 11.8 Å². The Morgan fingerprint density at radius 1 is 1.13 bits per heavy atom. The number of amides is 1. The molecule has 8 nitrogen and oxygen atoms in total. The predicted octanol–water partition coefficient (Wildman–Crippen LogP) is 1.35. The van der Waals surface area contributed by atoms with E-state index >= 15 is 0 Å². The highest BCUT2D eigenvalue weighted by atomic mass is 16.7. The lowest BCUT2D eigenvalue weighted by atomic mass is 9.93. The molecular weight excluding hydrogens is 386 g/mol. The van der Waals surface area contributed by atoms with E-state index in [9.17, 15) is 4.79 Å². The minimum atomic E-state index is -0.888. The smallest absolute Gasteiger partial charge is 0.224 e. The zero-order valence-electron chi connectivity index (χ0n) is 16.6. The number of hydrogen-bond acceptors (Lipinski definition) is 7. The highest BCUT2D eigenvalue weighted by Crippen LogP contribution is 2.40. The van der Waals surface area contributed by atoms with Crippen LogP contribution in [0.1, 0.15) is 24.3 Å². The van der Waals surface area contributed by atoms with Crippen LogP contribution in [-0.2, 0) is 30.3 Å². The first kappa shape index (κ1) is 19.6. The third-order valence-electron chi connectivity index (χ3n) is 5.57. The van der Waals surface area contributed by atoms with Crippen LogP contribution in [-0.4, -0.2) is 42.7 Å². The van der Waals surface area contributed by atoms with E-state index in [1.54, 1.807) is 0 Å². The van der Waals surface area contributed by atoms with Crippen molar-refractivity contribution < 1.29 is 23.7 Å². The first-order valence-corrected chi connectivity index (χ1v) is 10.1. The first-order chi connectivity index (χ1) is 14.6. The summed E-state index contributed by atoms with van der Waals surface area (Å²) < 4.78 is 24.8. The zero-order valence-corrected chi connectivity index (χ0v) is 16.6. The standard InChI is InChI=1S/C22H25N3O5/c1-14(26)23-20-19(27-12-15-8-4-2-5-9-15)18-17(30-22(20)24-25-22)13-28-21(29-18)16-10-6-3-7-11-16/h2-11,17-21,24-25H,12-13H2,1H3,(H,23,26)/t17-,18-,19-,20-,21-/m1/s1. The fraction of sp³-hybridized carbons (Fsp3) is 0.409. The third-order valence-corrected chi connectivity index (χ3v) is 5.57. The van der Waals surface area contributed by atoms with Crippen LogP contribution >= 0.6 is 0 Å². The molecule has 3 aliphatic heterocycles. The second-order valence-corrected chi connectivity index (χ2v) is 7.76. The van der Waals surface area contributed by atoms with Gasteiger partial charge in [0.05, 0.1) is 13.2 Å². The Balaban J connectivity index is 1.41. The van der Waals surface area contributed by atoms with Crippen molar-refractivity contribution in [3.63, 3.8) is 0 Å². The molecule has 8 heteroatoms. The Morgan fingerprint density at radius 2 is 1.83 bits per heavy atom. The number of carbonyl (C=O) groups is 1. The molecule has 0 bridgehead atoms. The van der Waals surface area contributed by atoms with Crippen molar-refractivity contribution in [2.45, 2.75) is 50.0 Å². The first-order valence-electron chi connectivity index (χ1n) is 10.1. The molecule has 0 aromatic heterocycles. The van der Waals surface area contributed by atoms with Gasteiger partial charge in [-0.25, -0.2) is 10.9 Å². The number of rotatable bonds is 5. The monoisotopic (exact) mass is 411 g/mol. The average molecular weight is 411 g/mol. The summed E-state index contributed by atoms with van der Waals surface area (Å²) in [5.74, 6) is -1.06. The minimum Gasteiger partial charge on any atom is -0.368 e. The zero-order chi connectivity index (χ0) is 20.6. The summed E-state index contributed by atoms with van der Waals surface area (Å²) in [6.07, 6.45) is -1.74. The number of benzene rings is 2. The van der Waals surface area contributed by atoms with Gasteiger partial charge in [0.1, 0.15) is 24.4 Å². The molecule has 5 rings (SSSR count). The van der Waals surface area contributed by atoms with Gasteiger partial charge in [-0.15, -0.1) is 0 Å². The van der Waals surface area contributed by atoms with Gasteiger partial charge in [0.15, 0.2) is 6.29 Å². The van der Waals surface area contributed by atoms with Crippen LogP contribution in [0.15, 0.2) is 60.7 Å². The van der Waals surface area contributed by atoms with Gasteiger partial charge in [0.25, 0.3) is 0 Å². The number of nitrogens with one attached hydrogen (secondary N) is 3. The maximum absolute atomic E-state index is 11.9. The van der Waals surface area contributed by atoms with Gasteiger partial charge >= 0.3 is 0 Å². The normalized spacial score (nSPS) is 31.7. The molecule has 3 heterocycles. The molecule has 2 aromatic carbocycles. The molecule has 2 aromatic rings. The lowest BCUT2D eigenvalue weighted by Crippen LogP contribution is -2.69. The summed E-state index contributed by atoms with van der Waals surface area (Å²) in [6, 6.07) is 19.2. The molecule has 30 heavy (non-hydrogen) atoms. The SMILES string of the molecule is CC(=O)N[C@@H]1[C@H](OCc2ccccc2)[C@@H]2O[C@H](c3ccccc3)OC[C@H]2OC12NN2. The highest BCUT2D eigenvalue weighted by Gasteiger charge is 2.64. The maximum atomic E-state index is 11.9. The number of hydrogen-bond donors (Lipinski definition) is 3. The van der Waals surface area contributed by atoms with Crippen LogP contribution in [0.5, 0.6) is 0 Å². The van der Waals surface area contributed by atoms with E-state index in [2.05, 4.69) is 16.2 Å². The Hall–Kier alpha value is -2.33. The topological polar surface area (TPSA) is 110 Å². The van der Waals surface area contributed by atoms with Crippen LogP contribution in [0.2, 0.25) is 0 Å². The largest absolute Gasteiger partial charge is 0.368 e. The van der Waals surface area contributed by atoms with Crippen molar-refractivity contribution in [3.05, 3.63) is 71.8 Å². The van der Waals surface area contributed by atoms with Crippen LogP contribution in [0.3, 0.4) is 0 Å². The van der Waals surface area contributed by atoms with Crippen LogP contribution in [0.4, 0.5) is 0 Å². The van der Waals surface area contributed by atoms with Crippen LogP contribution < -0.4 is 16.2 Å². The van der Waals surface area contributed by atoms with E-state index in [1.165, 1.54) is 6.92 Å². The molecule has 3 fully saturated rings. The Morgan fingerprint density at radius 3 is 2.50 bits per heavy atom. The van der Waals surface area contributed by atoms with Gasteiger partial charge in [-0.05, 0) is 5.56 Å². The molecule has 0 radical (unpaired) electrons. The molecular formula is C22H25N3O5. The summed E-state index contributed by atoms with van der Waals surface area (Å²) in [5.41, 5.74) is 8.03. The number of ether oxygens (including phenoxy) is 4. The predicted molar refractivity (Wildman–Crippen MR) is 107 cm³/mol. The van der Waals surface area contributed by atoms with Crippen LogP contribution in [0.25, 0.3) is 0 Å². The van der Waals surface area contributed by atoms with Crippen molar-refractivity contribution in [2.24, 2.45) is 0 Å². The fourth-order valence-corrected chi connectivity index (χ4v) is 4.09. The highest BCUT2D eigenvalue weighted by molar-refractivity contribution is 5.73. The van der Waals surface area contributed by atoms with Gasteiger partial charge < -0.3 is 24.3 Å². The molecule has 0 unspecified atom stereocenters. The van der Waals surface area contributed by atoms with E-state index in [-0.39, 0.29) is 12.0 Å². The van der Waals surface area contributed by atoms with Crippen molar-refractivity contribution in [2.75, 3.05) is 6.61 Å². The number of carbonyl (C=O) groups excluding carboxylic acids is 1. The lowest BCUT2D eigenvalue weighted by Gasteiger charge is -2.48. The minimum absolute atomic E-state index is 0.170. The molecule has 0 saturated carbocycles. The van der Waals surface area contributed by atoms with Crippen LogP contribution in [0, 0.1) is 0 Å².